The third kappa shape index (κ3) is 3.40. The summed E-state index contributed by atoms with van der Waals surface area (Å²) in [5.41, 5.74) is 0.313. The fourth-order valence-corrected chi connectivity index (χ4v) is 2.81. The molecular formula is C17H24FNO3. The van der Waals surface area contributed by atoms with E-state index in [1.807, 2.05) is 13.8 Å². The molecule has 1 fully saturated rings. The van der Waals surface area contributed by atoms with E-state index in [9.17, 15) is 9.18 Å². The molecule has 0 saturated heterocycles. The third-order valence-corrected chi connectivity index (χ3v) is 4.32. The minimum Gasteiger partial charge on any atom is -0.491 e. The zero-order valence-electron chi connectivity index (χ0n) is 13.4. The average molecular weight is 309 g/mol. The lowest BCUT2D eigenvalue weighted by Crippen LogP contribution is -2.49. The normalized spacial score (nSPS) is 17.5. The van der Waals surface area contributed by atoms with Gasteiger partial charge in [-0.05, 0) is 44.4 Å². The van der Waals surface area contributed by atoms with Crippen molar-refractivity contribution < 1.29 is 18.7 Å². The zero-order valence-corrected chi connectivity index (χ0v) is 13.4. The summed E-state index contributed by atoms with van der Waals surface area (Å²) in [6.07, 6.45) is 2.73. The number of benzene rings is 1. The molecule has 0 radical (unpaired) electrons. The predicted octanol–water partition coefficient (Wildman–Crippen LogP) is 3.22. The van der Waals surface area contributed by atoms with E-state index in [1.165, 1.54) is 6.07 Å². The monoisotopic (exact) mass is 309 g/mol. The quantitative estimate of drug-likeness (QED) is 0.841. The molecule has 0 aromatic heterocycles. The standard InChI is InChI=1S/C17H24FNO3/c1-4-22-15-7-6-13(10-14(15)18)12(2)19-16(20)17(11-21-3)8-5-9-17/h6-7,10,12H,4-5,8-9,11H2,1-3H3,(H,19,20)/t12-/m1/s1. The summed E-state index contributed by atoms with van der Waals surface area (Å²) in [6.45, 7) is 4.52. The Morgan fingerprint density at radius 2 is 2.18 bits per heavy atom. The van der Waals surface area contributed by atoms with Crippen molar-refractivity contribution in [3.05, 3.63) is 29.6 Å². The predicted molar refractivity (Wildman–Crippen MR) is 82.3 cm³/mol. The maximum atomic E-state index is 13.9. The van der Waals surface area contributed by atoms with Crippen molar-refractivity contribution in [1.82, 2.24) is 5.32 Å². The molecule has 1 aromatic carbocycles. The summed E-state index contributed by atoms with van der Waals surface area (Å²) < 4.78 is 24.3. The smallest absolute Gasteiger partial charge is 0.229 e. The van der Waals surface area contributed by atoms with E-state index in [2.05, 4.69) is 5.32 Å². The highest BCUT2D eigenvalue weighted by atomic mass is 19.1. The van der Waals surface area contributed by atoms with Crippen LogP contribution in [-0.4, -0.2) is 26.2 Å². The van der Waals surface area contributed by atoms with Crippen LogP contribution in [0.5, 0.6) is 5.75 Å². The second kappa shape index (κ2) is 7.09. The molecule has 0 bridgehead atoms. The Morgan fingerprint density at radius 3 is 2.68 bits per heavy atom. The van der Waals surface area contributed by atoms with Gasteiger partial charge in [0, 0.05) is 7.11 Å². The first kappa shape index (κ1) is 16.7. The number of halogens is 1. The summed E-state index contributed by atoms with van der Waals surface area (Å²) in [5, 5.41) is 2.98. The molecule has 5 heteroatoms. The molecule has 1 saturated carbocycles. The van der Waals surface area contributed by atoms with Crippen LogP contribution in [0, 0.1) is 11.2 Å². The molecule has 0 heterocycles. The topological polar surface area (TPSA) is 47.6 Å². The lowest BCUT2D eigenvalue weighted by atomic mass is 9.68. The molecule has 1 aromatic rings. The Balaban J connectivity index is 2.04. The maximum absolute atomic E-state index is 13.9. The number of hydrogen-bond donors (Lipinski definition) is 1. The van der Waals surface area contributed by atoms with Crippen molar-refractivity contribution in [1.29, 1.82) is 0 Å². The fraction of sp³-hybridized carbons (Fsp3) is 0.588. The van der Waals surface area contributed by atoms with Crippen LogP contribution in [0.25, 0.3) is 0 Å². The van der Waals surface area contributed by atoms with Gasteiger partial charge in [-0.1, -0.05) is 12.5 Å². The van der Waals surface area contributed by atoms with E-state index in [0.29, 0.717) is 13.2 Å². The number of carbonyl (C=O) groups is 1. The molecular weight excluding hydrogens is 285 g/mol. The van der Waals surface area contributed by atoms with Gasteiger partial charge in [0.05, 0.1) is 24.7 Å². The fourth-order valence-electron chi connectivity index (χ4n) is 2.81. The van der Waals surface area contributed by atoms with E-state index >= 15 is 0 Å². The molecule has 2 rings (SSSR count). The van der Waals surface area contributed by atoms with Crippen LogP contribution in [0.1, 0.15) is 44.7 Å². The summed E-state index contributed by atoms with van der Waals surface area (Å²) >= 11 is 0. The SMILES string of the molecule is CCOc1ccc([C@@H](C)NC(=O)C2(COC)CCC2)cc1F. The zero-order chi connectivity index (χ0) is 16.2. The molecule has 1 aliphatic carbocycles. The Hall–Kier alpha value is -1.62. The number of rotatable bonds is 7. The van der Waals surface area contributed by atoms with Crippen LogP contribution in [0.15, 0.2) is 18.2 Å². The van der Waals surface area contributed by atoms with Crippen molar-refractivity contribution in [2.24, 2.45) is 5.41 Å². The largest absolute Gasteiger partial charge is 0.491 e. The van der Waals surface area contributed by atoms with E-state index < -0.39 is 11.2 Å². The average Bonchev–Trinajstić information content (AvgIpc) is 2.44. The number of hydrogen-bond acceptors (Lipinski definition) is 3. The van der Waals surface area contributed by atoms with Gasteiger partial charge in [-0.15, -0.1) is 0 Å². The van der Waals surface area contributed by atoms with Gasteiger partial charge >= 0.3 is 0 Å². The highest BCUT2D eigenvalue weighted by molar-refractivity contribution is 5.84. The van der Waals surface area contributed by atoms with Crippen LogP contribution in [0.4, 0.5) is 4.39 Å². The number of ether oxygens (including phenoxy) is 2. The van der Waals surface area contributed by atoms with Gasteiger partial charge in [-0.25, -0.2) is 4.39 Å². The lowest BCUT2D eigenvalue weighted by Gasteiger charge is -2.40. The Labute approximate surface area is 131 Å². The molecule has 0 spiro atoms. The number of carbonyl (C=O) groups excluding carboxylic acids is 1. The van der Waals surface area contributed by atoms with E-state index in [4.69, 9.17) is 9.47 Å². The first-order valence-corrected chi connectivity index (χ1v) is 7.74. The van der Waals surface area contributed by atoms with Crippen molar-refractivity contribution in [2.75, 3.05) is 20.3 Å². The molecule has 1 aliphatic rings. The number of methoxy groups -OCH3 is 1. The van der Waals surface area contributed by atoms with Crippen LogP contribution >= 0.6 is 0 Å². The third-order valence-electron chi connectivity index (χ3n) is 4.32. The van der Waals surface area contributed by atoms with Gasteiger partial charge in [-0.3, -0.25) is 4.79 Å². The Bertz CT molecular complexity index is 529. The van der Waals surface area contributed by atoms with Crippen molar-refractivity contribution in [3.63, 3.8) is 0 Å². The molecule has 22 heavy (non-hydrogen) atoms. The van der Waals surface area contributed by atoms with E-state index in [-0.39, 0.29) is 17.7 Å². The van der Waals surface area contributed by atoms with Gasteiger partial charge in [0.25, 0.3) is 0 Å². The number of amides is 1. The summed E-state index contributed by atoms with van der Waals surface area (Å²) in [4.78, 5) is 12.5. The minimum atomic E-state index is -0.410. The highest BCUT2D eigenvalue weighted by Crippen LogP contribution is 2.41. The summed E-state index contributed by atoms with van der Waals surface area (Å²) in [7, 11) is 1.61. The molecule has 0 aliphatic heterocycles. The van der Waals surface area contributed by atoms with E-state index in [0.717, 1.165) is 24.8 Å². The summed E-state index contributed by atoms with van der Waals surface area (Å²) in [6, 6.07) is 4.54. The van der Waals surface area contributed by atoms with Crippen LogP contribution in [0.2, 0.25) is 0 Å². The molecule has 122 valence electrons. The van der Waals surface area contributed by atoms with Gasteiger partial charge < -0.3 is 14.8 Å². The van der Waals surface area contributed by atoms with Crippen molar-refractivity contribution >= 4 is 5.91 Å². The highest BCUT2D eigenvalue weighted by Gasteiger charge is 2.44. The Kier molecular flexibility index (Phi) is 5.40. The molecule has 1 atom stereocenters. The molecule has 4 nitrogen and oxygen atoms in total. The van der Waals surface area contributed by atoms with Crippen molar-refractivity contribution in [2.45, 2.75) is 39.2 Å². The molecule has 0 unspecified atom stereocenters. The second-order valence-electron chi connectivity index (χ2n) is 5.88. The van der Waals surface area contributed by atoms with Gasteiger partial charge in [-0.2, -0.15) is 0 Å². The van der Waals surface area contributed by atoms with Crippen molar-refractivity contribution in [3.8, 4) is 5.75 Å². The van der Waals surface area contributed by atoms with Crippen LogP contribution in [-0.2, 0) is 9.53 Å². The minimum absolute atomic E-state index is 0.0117. The maximum Gasteiger partial charge on any atom is 0.229 e. The first-order valence-electron chi connectivity index (χ1n) is 7.74. The van der Waals surface area contributed by atoms with Gasteiger partial charge in [0.15, 0.2) is 11.6 Å². The van der Waals surface area contributed by atoms with E-state index in [1.54, 1.807) is 19.2 Å². The van der Waals surface area contributed by atoms with Crippen LogP contribution < -0.4 is 10.1 Å². The molecule has 1 amide bonds. The second-order valence-corrected chi connectivity index (χ2v) is 5.88. The number of nitrogens with one attached hydrogen (secondary N) is 1. The summed E-state index contributed by atoms with van der Waals surface area (Å²) in [5.74, 6) is -0.183. The van der Waals surface area contributed by atoms with Gasteiger partial charge in [0.2, 0.25) is 5.91 Å². The first-order chi connectivity index (χ1) is 10.5. The lowest BCUT2D eigenvalue weighted by molar-refractivity contribution is -0.141. The molecule has 1 N–H and O–H groups in total. The Morgan fingerprint density at radius 1 is 1.45 bits per heavy atom. The van der Waals surface area contributed by atoms with Crippen LogP contribution in [0.3, 0.4) is 0 Å². The van der Waals surface area contributed by atoms with Gasteiger partial charge in [0.1, 0.15) is 0 Å².